The summed E-state index contributed by atoms with van der Waals surface area (Å²) in [5.41, 5.74) is 2.61. The van der Waals surface area contributed by atoms with Gasteiger partial charge in [0.05, 0.1) is 24.2 Å². The minimum absolute atomic E-state index is 0.0347. The van der Waals surface area contributed by atoms with Gasteiger partial charge in [0.1, 0.15) is 5.75 Å². The van der Waals surface area contributed by atoms with Gasteiger partial charge in [-0.25, -0.2) is 0 Å². The van der Waals surface area contributed by atoms with E-state index < -0.39 is 5.97 Å². The van der Waals surface area contributed by atoms with Crippen molar-refractivity contribution in [2.24, 2.45) is 0 Å². The lowest BCUT2D eigenvalue weighted by molar-refractivity contribution is -0.140. The quantitative estimate of drug-likeness (QED) is 0.831. The molecule has 1 aliphatic heterocycles. The number of aliphatic carboxylic acids is 1. The van der Waals surface area contributed by atoms with Gasteiger partial charge >= 0.3 is 5.97 Å². The summed E-state index contributed by atoms with van der Waals surface area (Å²) in [5.74, 6) is -0.606. The Hall–Kier alpha value is -2.88. The van der Waals surface area contributed by atoms with Crippen LogP contribution in [-0.4, -0.2) is 57.7 Å². The van der Waals surface area contributed by atoms with Gasteiger partial charge in [0.2, 0.25) is 0 Å². The summed E-state index contributed by atoms with van der Waals surface area (Å²) < 4.78 is 0. The molecule has 0 aliphatic carbocycles. The normalized spacial score (nSPS) is 21.8. The lowest BCUT2D eigenvalue weighted by atomic mass is 9.93. The van der Waals surface area contributed by atoms with Crippen molar-refractivity contribution in [3.8, 4) is 11.8 Å². The molecular formula is C22H25N3O3. The van der Waals surface area contributed by atoms with Crippen LogP contribution >= 0.6 is 0 Å². The average molecular weight is 379 g/mol. The van der Waals surface area contributed by atoms with Crippen LogP contribution in [0.5, 0.6) is 5.75 Å². The minimum Gasteiger partial charge on any atom is -0.508 e. The Morgan fingerprint density at radius 1 is 1.14 bits per heavy atom. The molecule has 6 heteroatoms. The fraction of sp³-hybridized carbons (Fsp3) is 0.364. The number of rotatable bonds is 5. The Morgan fingerprint density at radius 3 is 2.46 bits per heavy atom. The van der Waals surface area contributed by atoms with Crippen molar-refractivity contribution < 1.29 is 15.0 Å². The Bertz CT molecular complexity index is 875. The predicted molar refractivity (Wildman–Crippen MR) is 106 cm³/mol. The maximum atomic E-state index is 11.2. The van der Waals surface area contributed by atoms with Gasteiger partial charge in [0.15, 0.2) is 0 Å². The summed E-state index contributed by atoms with van der Waals surface area (Å²) in [7, 11) is 0. The lowest BCUT2D eigenvalue weighted by Gasteiger charge is -2.47. The summed E-state index contributed by atoms with van der Waals surface area (Å²) in [6, 6.07) is 17.0. The van der Waals surface area contributed by atoms with Crippen molar-refractivity contribution in [3.05, 3.63) is 65.2 Å². The zero-order valence-corrected chi connectivity index (χ0v) is 16.1. The van der Waals surface area contributed by atoms with E-state index in [1.807, 2.05) is 36.1 Å². The molecule has 2 unspecified atom stereocenters. The van der Waals surface area contributed by atoms with E-state index in [1.165, 1.54) is 0 Å². The molecule has 1 heterocycles. The number of carbonyl (C=O) groups is 1. The van der Waals surface area contributed by atoms with Crippen molar-refractivity contribution in [2.45, 2.75) is 32.0 Å². The maximum absolute atomic E-state index is 11.2. The molecule has 3 rings (SSSR count). The van der Waals surface area contributed by atoms with Gasteiger partial charge in [0, 0.05) is 25.2 Å². The van der Waals surface area contributed by atoms with Gasteiger partial charge in [-0.2, -0.15) is 5.26 Å². The molecule has 1 fully saturated rings. The number of phenolic OH excluding ortho intramolecular Hbond substituents is 1. The molecular weight excluding hydrogens is 354 g/mol. The van der Waals surface area contributed by atoms with E-state index >= 15 is 0 Å². The predicted octanol–water partition coefficient (Wildman–Crippen LogP) is 2.83. The molecule has 2 aromatic rings. The van der Waals surface area contributed by atoms with Crippen molar-refractivity contribution >= 4 is 5.97 Å². The van der Waals surface area contributed by atoms with Crippen molar-refractivity contribution in [1.29, 1.82) is 5.26 Å². The van der Waals surface area contributed by atoms with Crippen LogP contribution in [0.25, 0.3) is 0 Å². The van der Waals surface area contributed by atoms with E-state index in [4.69, 9.17) is 5.26 Å². The first-order valence-electron chi connectivity index (χ1n) is 9.39. The van der Waals surface area contributed by atoms with Crippen LogP contribution < -0.4 is 0 Å². The monoisotopic (exact) mass is 379 g/mol. The largest absolute Gasteiger partial charge is 0.508 e. The molecule has 0 spiro atoms. The molecule has 0 amide bonds. The maximum Gasteiger partial charge on any atom is 0.317 e. The van der Waals surface area contributed by atoms with Crippen LogP contribution in [0.1, 0.15) is 36.6 Å². The number of hydrogen-bond donors (Lipinski definition) is 2. The van der Waals surface area contributed by atoms with Gasteiger partial charge in [0.25, 0.3) is 0 Å². The fourth-order valence-electron chi connectivity index (χ4n) is 3.99. The molecule has 28 heavy (non-hydrogen) atoms. The van der Waals surface area contributed by atoms with Crippen LogP contribution in [0.4, 0.5) is 0 Å². The fourth-order valence-corrected chi connectivity index (χ4v) is 3.99. The van der Waals surface area contributed by atoms with E-state index in [9.17, 15) is 15.0 Å². The highest BCUT2D eigenvalue weighted by Crippen LogP contribution is 2.34. The molecule has 2 aromatic carbocycles. The molecule has 0 aromatic heterocycles. The molecule has 0 radical (unpaired) electrons. The summed E-state index contributed by atoms with van der Waals surface area (Å²) >= 11 is 0. The zero-order valence-electron chi connectivity index (χ0n) is 16.1. The third-order valence-electron chi connectivity index (χ3n) is 5.37. The highest BCUT2D eigenvalue weighted by atomic mass is 16.4. The number of nitriles is 1. The number of carboxylic acids is 1. The second kappa shape index (κ2) is 8.42. The number of benzene rings is 2. The number of nitrogens with zero attached hydrogens (tertiary/aromatic N) is 3. The Balaban J connectivity index is 1.97. The molecule has 0 bridgehead atoms. The van der Waals surface area contributed by atoms with Crippen molar-refractivity contribution in [3.63, 3.8) is 0 Å². The molecule has 2 N–H and O–H groups in total. The van der Waals surface area contributed by atoms with Gasteiger partial charge in [-0.3, -0.25) is 14.6 Å². The van der Waals surface area contributed by atoms with Crippen molar-refractivity contribution in [1.82, 2.24) is 9.80 Å². The summed E-state index contributed by atoms with van der Waals surface area (Å²) in [4.78, 5) is 15.5. The first-order chi connectivity index (χ1) is 13.4. The van der Waals surface area contributed by atoms with E-state index in [0.717, 1.165) is 11.1 Å². The third-order valence-corrected chi connectivity index (χ3v) is 5.37. The van der Waals surface area contributed by atoms with Crippen LogP contribution in [0.2, 0.25) is 0 Å². The molecule has 146 valence electrons. The smallest absolute Gasteiger partial charge is 0.317 e. The number of piperazine rings is 1. The van der Waals surface area contributed by atoms with Gasteiger partial charge in [-0.15, -0.1) is 0 Å². The lowest BCUT2D eigenvalue weighted by Crippen LogP contribution is -2.58. The SMILES string of the molecule is CC1CN([C@H](c2ccc(C#N)cc2)c2cccc(O)c2)C(C)CN1CC(=O)O. The van der Waals surface area contributed by atoms with Gasteiger partial charge in [-0.05, 0) is 49.2 Å². The third kappa shape index (κ3) is 4.33. The minimum atomic E-state index is -0.816. The Kier molecular flexibility index (Phi) is 5.98. The van der Waals surface area contributed by atoms with Crippen LogP contribution in [0.3, 0.4) is 0 Å². The topological polar surface area (TPSA) is 87.8 Å². The summed E-state index contributed by atoms with van der Waals surface area (Å²) in [5, 5.41) is 28.3. The number of aromatic hydroxyl groups is 1. The van der Waals surface area contributed by atoms with Gasteiger partial charge in [-0.1, -0.05) is 24.3 Å². The molecule has 1 saturated heterocycles. The number of phenols is 1. The highest BCUT2D eigenvalue weighted by molar-refractivity contribution is 5.69. The van der Waals surface area contributed by atoms with Gasteiger partial charge < -0.3 is 10.2 Å². The van der Waals surface area contributed by atoms with Crippen molar-refractivity contribution in [2.75, 3.05) is 19.6 Å². The first-order valence-corrected chi connectivity index (χ1v) is 9.39. The van der Waals surface area contributed by atoms with Crippen LogP contribution in [0, 0.1) is 11.3 Å². The second-order valence-electron chi connectivity index (χ2n) is 7.45. The highest BCUT2D eigenvalue weighted by Gasteiger charge is 2.35. The van der Waals surface area contributed by atoms with E-state index in [1.54, 1.807) is 24.3 Å². The standard InChI is InChI=1S/C22H25N3O3/c1-15-13-25(16(2)12-24(15)14-21(27)28)22(19-4-3-5-20(26)10-19)18-8-6-17(11-23)7-9-18/h3-10,15-16,22,26H,12-14H2,1-2H3,(H,27,28)/t15?,16?,22-/m1/s1. The van der Waals surface area contributed by atoms with E-state index in [0.29, 0.717) is 18.7 Å². The molecule has 1 aliphatic rings. The number of hydrogen-bond acceptors (Lipinski definition) is 5. The van der Waals surface area contributed by atoms with E-state index in [-0.39, 0.29) is 30.4 Å². The second-order valence-corrected chi connectivity index (χ2v) is 7.45. The molecule has 3 atom stereocenters. The van der Waals surface area contributed by atoms with E-state index in [2.05, 4.69) is 17.9 Å². The first kappa shape index (κ1) is 19.9. The Morgan fingerprint density at radius 2 is 1.86 bits per heavy atom. The molecule has 6 nitrogen and oxygen atoms in total. The molecule has 0 saturated carbocycles. The Labute approximate surface area is 165 Å². The average Bonchev–Trinajstić information content (AvgIpc) is 2.66. The summed E-state index contributed by atoms with van der Waals surface area (Å²) in [6.07, 6.45) is 0. The summed E-state index contributed by atoms with van der Waals surface area (Å²) in [6.45, 7) is 5.53. The van der Waals surface area contributed by atoms with Crippen LogP contribution in [-0.2, 0) is 4.79 Å². The van der Waals surface area contributed by atoms with Crippen LogP contribution in [0.15, 0.2) is 48.5 Å². The zero-order chi connectivity index (χ0) is 20.3. The number of carboxylic acid groups (broad SMARTS) is 1.